The van der Waals surface area contributed by atoms with Crippen molar-refractivity contribution in [2.45, 2.75) is 11.3 Å². The Kier molecular flexibility index (Phi) is 8.83. The summed E-state index contributed by atoms with van der Waals surface area (Å²) in [4.78, 5) is 15.2. The average molecular weight is 879 g/mol. The van der Waals surface area contributed by atoms with E-state index in [1.165, 1.54) is 83.0 Å². The van der Waals surface area contributed by atoms with E-state index in [0.29, 0.717) is 17.5 Å². The maximum atomic E-state index is 5.11. The first kappa shape index (κ1) is 39.2. The Balaban J connectivity index is 1.03. The number of benzene rings is 10. The molecule has 10 aromatic carbocycles. The van der Waals surface area contributed by atoms with Gasteiger partial charge >= 0.3 is 0 Å². The van der Waals surface area contributed by atoms with Crippen LogP contribution in [0.2, 0.25) is 0 Å². The van der Waals surface area contributed by atoms with Gasteiger partial charge in [-0.2, -0.15) is 0 Å². The van der Waals surface area contributed by atoms with Gasteiger partial charge in [-0.3, -0.25) is 0 Å². The maximum absolute atomic E-state index is 5.11. The molecule has 0 aliphatic heterocycles. The molecule has 0 spiro atoms. The fraction of sp³-hybridized carbons (Fsp3) is 0.0308. The largest absolute Gasteiger partial charge is 0.309 e. The number of rotatable bonds is 7. The molecule has 1 unspecified atom stereocenters. The summed E-state index contributed by atoms with van der Waals surface area (Å²) in [5.41, 5.74) is 19.7. The van der Waals surface area contributed by atoms with Gasteiger partial charge in [0.2, 0.25) is 0 Å². The summed E-state index contributed by atoms with van der Waals surface area (Å²) >= 11 is 0. The van der Waals surface area contributed by atoms with Gasteiger partial charge in [0.05, 0.1) is 16.4 Å². The minimum absolute atomic E-state index is 0.135. The van der Waals surface area contributed by atoms with Crippen LogP contribution in [-0.2, 0) is 5.41 Å². The molecular formula is C65H42N4. The predicted molar refractivity (Wildman–Crippen MR) is 281 cm³/mol. The zero-order chi connectivity index (χ0) is 45.5. The van der Waals surface area contributed by atoms with E-state index >= 15 is 0 Å². The predicted octanol–water partition coefficient (Wildman–Crippen LogP) is 15.5. The van der Waals surface area contributed by atoms with Crippen molar-refractivity contribution in [2.75, 3.05) is 0 Å². The summed E-state index contributed by atoms with van der Waals surface area (Å²) in [5, 5.41) is 2.51. The molecule has 0 N–H and O–H groups in total. The number of fused-ring (bicyclic) bond motifs is 10. The normalized spacial score (nSPS) is 14.1. The fourth-order valence-electron chi connectivity index (χ4n) is 11.7. The molecule has 2 aliphatic carbocycles. The SMILES string of the molecule is c1ccc(-c2nc(-c3ccccc3)nc(-c3ccc(C4(c5ccc6c(c5)c5c7c(ccc5n6-c5ccccc5)C(c5ccccc5)c5ccccc5-7)c5ccccc5-c5ccccc54)cc3)n2)cc1. The number of nitrogens with zero attached hydrogens (tertiary/aromatic N) is 4. The molecule has 0 saturated carbocycles. The Morgan fingerprint density at radius 2 is 0.841 bits per heavy atom. The van der Waals surface area contributed by atoms with E-state index in [1.807, 2.05) is 36.4 Å². The van der Waals surface area contributed by atoms with E-state index in [2.05, 4.69) is 217 Å². The van der Waals surface area contributed by atoms with Gasteiger partial charge < -0.3 is 4.57 Å². The number of hydrogen-bond acceptors (Lipinski definition) is 3. The van der Waals surface area contributed by atoms with Crippen LogP contribution in [0.15, 0.2) is 249 Å². The van der Waals surface area contributed by atoms with Crippen LogP contribution in [0.4, 0.5) is 0 Å². The van der Waals surface area contributed by atoms with Crippen LogP contribution >= 0.6 is 0 Å². The van der Waals surface area contributed by atoms with Gasteiger partial charge in [-0.1, -0.05) is 218 Å². The van der Waals surface area contributed by atoms with E-state index in [9.17, 15) is 0 Å². The summed E-state index contributed by atoms with van der Waals surface area (Å²) in [6.07, 6.45) is 0. The molecular weight excluding hydrogens is 837 g/mol. The number of para-hydroxylation sites is 1. The standard InChI is InChI=1S/C65H42N4/c1-5-19-42(20-6-1)59-51-29-13-14-30-52(51)60-53(59)38-40-58-61(60)54-41-47(37-39-57(54)69(58)48-25-11-4-12-26-48)65(55-31-17-15-27-49(55)50-28-16-18-32-56(50)65)46-35-33-45(34-36-46)64-67-62(43-21-7-2-8-22-43)66-63(68-64)44-23-9-3-10-24-44/h1-41,59H. The molecule has 1 atom stereocenters. The van der Waals surface area contributed by atoms with Crippen molar-refractivity contribution in [3.05, 3.63) is 288 Å². The van der Waals surface area contributed by atoms with Crippen LogP contribution in [0.25, 0.3) is 83.9 Å². The van der Waals surface area contributed by atoms with Gasteiger partial charge in [0, 0.05) is 39.1 Å². The third kappa shape index (κ3) is 5.92. The Bertz CT molecular complexity index is 3830. The Morgan fingerprint density at radius 3 is 1.45 bits per heavy atom. The Labute approximate surface area is 400 Å². The van der Waals surface area contributed by atoms with Crippen LogP contribution in [0.3, 0.4) is 0 Å². The highest BCUT2D eigenvalue weighted by molar-refractivity contribution is 6.18. The summed E-state index contributed by atoms with van der Waals surface area (Å²) in [6.45, 7) is 0. The van der Waals surface area contributed by atoms with Crippen molar-refractivity contribution in [1.82, 2.24) is 19.5 Å². The van der Waals surface area contributed by atoms with Crippen LogP contribution in [0.5, 0.6) is 0 Å². The molecule has 2 heterocycles. The zero-order valence-electron chi connectivity index (χ0n) is 37.5. The van der Waals surface area contributed by atoms with Gasteiger partial charge in [-0.15, -0.1) is 0 Å². The minimum atomic E-state index is -0.646. The highest BCUT2D eigenvalue weighted by Gasteiger charge is 2.46. The second-order valence-corrected chi connectivity index (χ2v) is 18.2. The lowest BCUT2D eigenvalue weighted by Gasteiger charge is -2.34. The van der Waals surface area contributed by atoms with Crippen molar-refractivity contribution in [3.63, 3.8) is 0 Å². The van der Waals surface area contributed by atoms with E-state index < -0.39 is 5.41 Å². The lowest BCUT2D eigenvalue weighted by Crippen LogP contribution is -2.28. The maximum Gasteiger partial charge on any atom is 0.164 e. The first-order chi connectivity index (χ1) is 34.2. The molecule has 0 saturated heterocycles. The monoisotopic (exact) mass is 878 g/mol. The Hall–Kier alpha value is -8.99. The average Bonchev–Trinajstić information content (AvgIpc) is 4.06. The van der Waals surface area contributed by atoms with Crippen LogP contribution in [-0.4, -0.2) is 19.5 Å². The van der Waals surface area contributed by atoms with E-state index in [-0.39, 0.29) is 5.92 Å². The molecule has 69 heavy (non-hydrogen) atoms. The molecule has 4 nitrogen and oxygen atoms in total. The van der Waals surface area contributed by atoms with Gasteiger partial charge in [-0.05, 0) is 91.5 Å². The van der Waals surface area contributed by atoms with Crippen molar-refractivity contribution in [2.24, 2.45) is 0 Å². The highest BCUT2D eigenvalue weighted by Crippen LogP contribution is 2.58. The molecule has 2 aliphatic rings. The van der Waals surface area contributed by atoms with Crippen molar-refractivity contribution >= 4 is 21.8 Å². The highest BCUT2D eigenvalue weighted by atomic mass is 15.0. The molecule has 0 fully saturated rings. The molecule has 0 radical (unpaired) electrons. The smallest absolute Gasteiger partial charge is 0.164 e. The molecule has 14 rings (SSSR count). The molecule has 322 valence electrons. The quantitative estimate of drug-likeness (QED) is 0.160. The second kappa shape index (κ2) is 15.5. The lowest BCUT2D eigenvalue weighted by molar-refractivity contribution is 0.770. The van der Waals surface area contributed by atoms with E-state index in [1.54, 1.807) is 0 Å². The first-order valence-corrected chi connectivity index (χ1v) is 23.7. The third-order valence-electron chi connectivity index (χ3n) is 14.6. The second-order valence-electron chi connectivity index (χ2n) is 18.2. The van der Waals surface area contributed by atoms with Crippen LogP contribution in [0.1, 0.15) is 44.9 Å². The molecule has 12 aromatic rings. The number of hydrogen-bond donors (Lipinski definition) is 0. The third-order valence-corrected chi connectivity index (χ3v) is 14.6. The first-order valence-electron chi connectivity index (χ1n) is 23.7. The summed E-state index contributed by atoms with van der Waals surface area (Å²) < 4.78 is 2.47. The van der Waals surface area contributed by atoms with Crippen LogP contribution in [0, 0.1) is 0 Å². The molecule has 2 aromatic heterocycles. The lowest BCUT2D eigenvalue weighted by atomic mass is 9.67. The molecule has 0 bridgehead atoms. The fourth-order valence-corrected chi connectivity index (χ4v) is 11.7. The van der Waals surface area contributed by atoms with Gasteiger partial charge in [0.25, 0.3) is 0 Å². The topological polar surface area (TPSA) is 43.6 Å². The summed E-state index contributed by atoms with van der Waals surface area (Å²) in [7, 11) is 0. The van der Waals surface area contributed by atoms with Crippen molar-refractivity contribution in [1.29, 1.82) is 0 Å². The molecule has 4 heteroatoms. The van der Waals surface area contributed by atoms with Crippen LogP contribution < -0.4 is 0 Å². The summed E-state index contributed by atoms with van der Waals surface area (Å²) in [5.74, 6) is 2.06. The number of aromatic nitrogens is 4. The van der Waals surface area contributed by atoms with Crippen molar-refractivity contribution in [3.8, 4) is 62.1 Å². The minimum Gasteiger partial charge on any atom is -0.309 e. The van der Waals surface area contributed by atoms with Gasteiger partial charge in [-0.25, -0.2) is 15.0 Å². The zero-order valence-corrected chi connectivity index (χ0v) is 37.5. The van der Waals surface area contributed by atoms with Crippen molar-refractivity contribution < 1.29 is 0 Å². The Morgan fingerprint density at radius 1 is 0.362 bits per heavy atom. The van der Waals surface area contributed by atoms with E-state index in [4.69, 9.17) is 15.0 Å². The van der Waals surface area contributed by atoms with Gasteiger partial charge in [0.15, 0.2) is 17.5 Å². The molecule has 0 amide bonds. The summed E-state index contributed by atoms with van der Waals surface area (Å²) in [6, 6.07) is 90.3. The van der Waals surface area contributed by atoms with E-state index in [0.717, 1.165) is 22.4 Å². The van der Waals surface area contributed by atoms with Gasteiger partial charge in [0.1, 0.15) is 0 Å².